The summed E-state index contributed by atoms with van der Waals surface area (Å²) >= 11 is 0. The Morgan fingerprint density at radius 2 is 1.60 bits per heavy atom. The molecule has 4 aromatic rings. The largest absolute Gasteiger partial charge is 0.618 e. The zero-order valence-corrected chi connectivity index (χ0v) is 10.7. The molecule has 0 bridgehead atoms. The van der Waals surface area contributed by atoms with E-state index >= 15 is 0 Å². The fourth-order valence-corrected chi connectivity index (χ4v) is 2.59. The maximum Gasteiger partial charge on any atom is 0.223 e. The van der Waals surface area contributed by atoms with Crippen molar-refractivity contribution < 1.29 is 4.73 Å². The van der Waals surface area contributed by atoms with Gasteiger partial charge in [0.2, 0.25) is 5.52 Å². The molecule has 0 saturated heterocycles. The number of benzene rings is 2. The third kappa shape index (κ3) is 1.64. The molecule has 0 radical (unpaired) electrons. The van der Waals surface area contributed by atoms with Crippen molar-refractivity contribution in [2.24, 2.45) is 0 Å². The van der Waals surface area contributed by atoms with Gasteiger partial charge in [0, 0.05) is 22.4 Å². The average molecular weight is 260 g/mol. The van der Waals surface area contributed by atoms with E-state index in [1.165, 1.54) is 0 Å². The molecule has 2 aromatic heterocycles. The van der Waals surface area contributed by atoms with Crippen LogP contribution in [0.1, 0.15) is 0 Å². The predicted molar refractivity (Wildman–Crippen MR) is 80.2 cm³/mol. The minimum absolute atomic E-state index is 0.687. The number of hydrogen-bond acceptors (Lipinski definition) is 1. The Morgan fingerprint density at radius 3 is 2.45 bits per heavy atom. The van der Waals surface area contributed by atoms with Gasteiger partial charge in [0.25, 0.3) is 0 Å². The number of fused-ring (bicyclic) bond motifs is 2. The number of rotatable bonds is 1. The van der Waals surface area contributed by atoms with Crippen LogP contribution >= 0.6 is 0 Å². The fourth-order valence-electron chi connectivity index (χ4n) is 2.59. The van der Waals surface area contributed by atoms with Crippen molar-refractivity contribution in [1.82, 2.24) is 4.98 Å². The molecule has 96 valence electrons. The second-order valence-electron chi connectivity index (χ2n) is 4.88. The van der Waals surface area contributed by atoms with Gasteiger partial charge in [0.15, 0.2) is 6.20 Å². The third-order valence-corrected chi connectivity index (χ3v) is 3.58. The molecule has 0 aliphatic carbocycles. The van der Waals surface area contributed by atoms with E-state index in [4.69, 9.17) is 0 Å². The number of hydrogen-bond donors (Lipinski definition) is 1. The monoisotopic (exact) mass is 260 g/mol. The van der Waals surface area contributed by atoms with Crippen molar-refractivity contribution in [3.05, 3.63) is 72.1 Å². The van der Waals surface area contributed by atoms with Crippen LogP contribution < -0.4 is 4.73 Å². The molecular formula is C17H12N2O. The molecule has 3 nitrogen and oxygen atoms in total. The number of nitrogens with zero attached hydrogens (tertiary/aromatic N) is 1. The molecule has 3 heteroatoms. The van der Waals surface area contributed by atoms with E-state index < -0.39 is 0 Å². The highest BCUT2D eigenvalue weighted by Gasteiger charge is 2.10. The molecule has 20 heavy (non-hydrogen) atoms. The van der Waals surface area contributed by atoms with Gasteiger partial charge in [-0.25, -0.2) is 0 Å². The van der Waals surface area contributed by atoms with Crippen LogP contribution in [0.25, 0.3) is 33.1 Å². The predicted octanol–water partition coefficient (Wildman–Crippen LogP) is 3.62. The Kier molecular flexibility index (Phi) is 2.27. The van der Waals surface area contributed by atoms with E-state index in [0.717, 1.165) is 32.3 Å². The smallest absolute Gasteiger partial charge is 0.223 e. The molecule has 0 aliphatic heterocycles. The van der Waals surface area contributed by atoms with Crippen LogP contribution in [-0.2, 0) is 0 Å². The summed E-state index contributed by atoms with van der Waals surface area (Å²) in [6.45, 7) is 0. The molecule has 0 unspecified atom stereocenters. The Balaban J connectivity index is 1.97. The highest BCUT2D eigenvalue weighted by atomic mass is 16.5. The topological polar surface area (TPSA) is 42.7 Å². The second-order valence-corrected chi connectivity index (χ2v) is 4.88. The Bertz CT molecular complexity index is 891. The van der Waals surface area contributed by atoms with Gasteiger partial charge in [-0.3, -0.25) is 0 Å². The summed E-state index contributed by atoms with van der Waals surface area (Å²) in [6, 6.07) is 19.8. The van der Waals surface area contributed by atoms with Gasteiger partial charge in [-0.2, -0.15) is 4.73 Å². The first kappa shape index (κ1) is 11.1. The van der Waals surface area contributed by atoms with Crippen LogP contribution in [0.5, 0.6) is 0 Å². The lowest BCUT2D eigenvalue weighted by Crippen LogP contribution is -2.26. The summed E-state index contributed by atoms with van der Waals surface area (Å²) in [7, 11) is 0. The minimum Gasteiger partial charge on any atom is -0.618 e. The Labute approximate surface area is 115 Å². The quantitative estimate of drug-likeness (QED) is 0.412. The van der Waals surface area contributed by atoms with Gasteiger partial charge in [-0.15, -0.1) is 0 Å². The van der Waals surface area contributed by atoms with E-state index in [2.05, 4.69) is 17.1 Å². The van der Waals surface area contributed by atoms with E-state index in [1.54, 1.807) is 6.20 Å². The van der Waals surface area contributed by atoms with Gasteiger partial charge >= 0.3 is 0 Å². The molecule has 0 spiro atoms. The Hall–Kier alpha value is -2.81. The lowest BCUT2D eigenvalue weighted by molar-refractivity contribution is -0.576. The van der Waals surface area contributed by atoms with Gasteiger partial charge in [0.1, 0.15) is 0 Å². The third-order valence-electron chi connectivity index (χ3n) is 3.58. The number of aromatic amines is 1. The van der Waals surface area contributed by atoms with Crippen LogP contribution in [0.2, 0.25) is 0 Å². The first-order valence-electron chi connectivity index (χ1n) is 6.51. The minimum atomic E-state index is 0.687. The number of pyridine rings is 1. The molecule has 1 N–H and O–H groups in total. The van der Waals surface area contributed by atoms with Crippen LogP contribution in [0.4, 0.5) is 0 Å². The maximum absolute atomic E-state index is 12.1. The van der Waals surface area contributed by atoms with E-state index in [9.17, 15) is 5.21 Å². The van der Waals surface area contributed by atoms with Crippen LogP contribution in [-0.4, -0.2) is 4.98 Å². The summed E-state index contributed by atoms with van der Waals surface area (Å²) in [5, 5.41) is 14.2. The second kappa shape index (κ2) is 4.10. The highest BCUT2D eigenvalue weighted by Crippen LogP contribution is 2.25. The van der Waals surface area contributed by atoms with Crippen molar-refractivity contribution in [2.75, 3.05) is 0 Å². The first-order valence-corrected chi connectivity index (χ1v) is 6.51. The van der Waals surface area contributed by atoms with Crippen molar-refractivity contribution in [2.45, 2.75) is 0 Å². The van der Waals surface area contributed by atoms with Crippen LogP contribution in [0, 0.1) is 5.21 Å². The molecule has 0 saturated carbocycles. The van der Waals surface area contributed by atoms with Crippen LogP contribution in [0.3, 0.4) is 0 Å². The van der Waals surface area contributed by atoms with Gasteiger partial charge < -0.3 is 10.2 Å². The lowest BCUT2D eigenvalue weighted by Gasteiger charge is -2.04. The van der Waals surface area contributed by atoms with Gasteiger partial charge in [-0.1, -0.05) is 30.3 Å². The fraction of sp³-hybridized carbons (Fsp3) is 0. The van der Waals surface area contributed by atoms with Crippen molar-refractivity contribution in [3.8, 4) is 11.3 Å². The van der Waals surface area contributed by atoms with Crippen molar-refractivity contribution >= 4 is 21.8 Å². The molecule has 0 amide bonds. The van der Waals surface area contributed by atoms with Crippen LogP contribution in [0.15, 0.2) is 66.9 Å². The standard InChI is InChI=1S/C17H12N2O/c20-19-11-14(9-13-6-2-4-8-17(13)19)16-10-12-5-1-3-7-15(12)18-16/h1-11,18H. The summed E-state index contributed by atoms with van der Waals surface area (Å²) in [4.78, 5) is 3.35. The van der Waals surface area contributed by atoms with E-state index in [-0.39, 0.29) is 0 Å². The molecule has 0 atom stereocenters. The lowest BCUT2D eigenvalue weighted by atomic mass is 10.1. The SMILES string of the molecule is [O-][n+]1cc(-c2cc3ccccc3[nH]2)cc2ccccc21. The zero-order chi connectivity index (χ0) is 13.5. The van der Waals surface area contributed by atoms with Gasteiger partial charge in [0.05, 0.1) is 11.3 Å². The van der Waals surface area contributed by atoms with Crippen molar-refractivity contribution in [3.63, 3.8) is 0 Å². The molecule has 0 fully saturated rings. The number of H-pyrrole nitrogens is 1. The van der Waals surface area contributed by atoms with E-state index in [1.807, 2.05) is 48.5 Å². The molecule has 4 rings (SSSR count). The van der Waals surface area contributed by atoms with Crippen molar-refractivity contribution in [1.29, 1.82) is 0 Å². The summed E-state index contributed by atoms with van der Waals surface area (Å²) in [5.74, 6) is 0. The number of aromatic nitrogens is 2. The molecule has 2 aromatic carbocycles. The average Bonchev–Trinajstić information content (AvgIpc) is 2.91. The normalized spacial score (nSPS) is 11.2. The Morgan fingerprint density at radius 1 is 0.850 bits per heavy atom. The summed E-state index contributed by atoms with van der Waals surface area (Å²) in [6.07, 6.45) is 1.62. The molecule has 0 aliphatic rings. The maximum atomic E-state index is 12.1. The highest BCUT2D eigenvalue weighted by molar-refractivity contribution is 5.87. The van der Waals surface area contributed by atoms with E-state index in [0.29, 0.717) is 5.52 Å². The summed E-state index contributed by atoms with van der Waals surface area (Å²) in [5.41, 5.74) is 3.62. The molecular weight excluding hydrogens is 248 g/mol. The molecule has 2 heterocycles. The summed E-state index contributed by atoms with van der Waals surface area (Å²) < 4.78 is 0.927. The zero-order valence-electron chi connectivity index (χ0n) is 10.7. The number of para-hydroxylation sites is 2. The number of nitrogens with one attached hydrogen (secondary N) is 1. The van der Waals surface area contributed by atoms with Gasteiger partial charge in [-0.05, 0) is 24.3 Å². The first-order chi connectivity index (χ1) is 9.81.